The zero-order chi connectivity index (χ0) is 29.6. The van der Waals surface area contributed by atoms with E-state index in [1.165, 1.54) is 24.3 Å². The lowest BCUT2D eigenvalue weighted by molar-refractivity contribution is -0.175. The summed E-state index contributed by atoms with van der Waals surface area (Å²) in [5, 5.41) is 2.89. The zero-order valence-electron chi connectivity index (χ0n) is 22.5. The van der Waals surface area contributed by atoms with Crippen molar-refractivity contribution in [3.63, 3.8) is 0 Å². The van der Waals surface area contributed by atoms with Crippen molar-refractivity contribution < 1.29 is 42.1 Å². The van der Waals surface area contributed by atoms with Crippen molar-refractivity contribution >= 4 is 40.9 Å². The maximum atomic E-state index is 13.7. The minimum absolute atomic E-state index is 0.0436. The van der Waals surface area contributed by atoms with Gasteiger partial charge in [0.25, 0.3) is 5.91 Å². The van der Waals surface area contributed by atoms with E-state index in [1.54, 1.807) is 6.92 Å². The molecule has 2 bridgehead atoms. The summed E-state index contributed by atoms with van der Waals surface area (Å²) in [5.74, 6) is -2.18. The van der Waals surface area contributed by atoms with Gasteiger partial charge in [0, 0.05) is 25.2 Å². The number of carbonyl (C=O) groups is 3. The molecule has 2 aromatic carbocycles. The van der Waals surface area contributed by atoms with Crippen LogP contribution in [0.1, 0.15) is 45.4 Å². The predicted octanol–water partition coefficient (Wildman–Crippen LogP) is 5.46. The first-order valence-electron chi connectivity index (χ1n) is 13.3. The third-order valence-electron chi connectivity index (χ3n) is 7.65. The van der Waals surface area contributed by atoms with Gasteiger partial charge in [0.05, 0.1) is 15.6 Å². The molecular weight excluding hydrogens is 583 g/mol. The highest BCUT2D eigenvalue weighted by Gasteiger charge is 2.57. The highest BCUT2D eigenvalue weighted by molar-refractivity contribution is 6.31. The molecular formula is C29H31Cl2F2NO7. The Hall–Kier alpha value is -2.95. The SMILES string of the molecule is CCOCC(=O)O[C@H]1CC2(CC(=O)COc3ccc(Cl)c(F)c3)CCC1(NC(=O)COc1ccc(Cl)c(F)c1)CC2. The second-order valence-corrected chi connectivity index (χ2v) is 11.3. The van der Waals surface area contributed by atoms with Crippen LogP contribution in [0, 0.1) is 17.0 Å². The number of nitrogens with one attached hydrogen (secondary N) is 1. The highest BCUT2D eigenvalue weighted by atomic mass is 35.5. The molecule has 0 aliphatic heterocycles. The Morgan fingerprint density at radius 2 is 1.49 bits per heavy atom. The van der Waals surface area contributed by atoms with E-state index in [0.29, 0.717) is 38.7 Å². The molecule has 0 spiro atoms. The van der Waals surface area contributed by atoms with Gasteiger partial charge < -0.3 is 24.3 Å². The Bertz CT molecular complexity index is 1280. The van der Waals surface area contributed by atoms with Gasteiger partial charge in [0.15, 0.2) is 12.4 Å². The largest absolute Gasteiger partial charge is 0.486 e. The minimum atomic E-state index is -0.851. The summed E-state index contributed by atoms with van der Waals surface area (Å²) in [6.45, 7) is 1.22. The fourth-order valence-corrected chi connectivity index (χ4v) is 5.79. The molecule has 41 heavy (non-hydrogen) atoms. The van der Waals surface area contributed by atoms with Crippen molar-refractivity contribution in [2.45, 2.75) is 57.1 Å². The number of ketones is 1. The van der Waals surface area contributed by atoms with E-state index in [0.717, 1.165) is 12.1 Å². The Morgan fingerprint density at radius 1 is 0.902 bits per heavy atom. The van der Waals surface area contributed by atoms with Crippen molar-refractivity contribution in [2.75, 3.05) is 26.4 Å². The summed E-state index contributed by atoms with van der Waals surface area (Å²) in [6, 6.07) is 7.83. The fraction of sp³-hybridized carbons (Fsp3) is 0.483. The number of carbonyl (C=O) groups excluding carboxylic acids is 3. The van der Waals surface area contributed by atoms with Crippen molar-refractivity contribution in [3.05, 3.63) is 58.1 Å². The first kappa shape index (κ1) is 31.0. The van der Waals surface area contributed by atoms with Crippen molar-refractivity contribution in [1.29, 1.82) is 0 Å². The maximum Gasteiger partial charge on any atom is 0.332 e. The summed E-state index contributed by atoms with van der Waals surface area (Å²) < 4.78 is 49.3. The van der Waals surface area contributed by atoms with Crippen LogP contribution in [0.25, 0.3) is 0 Å². The van der Waals surface area contributed by atoms with Crippen LogP contribution < -0.4 is 14.8 Å². The molecule has 1 atom stereocenters. The standard InChI is InChI=1S/C29H31Cl2F2NO7/c1-2-38-17-27(37)41-25-14-28(13-18(35)15-39-19-3-5-21(30)23(32)11-19)7-9-29(25,10-8-28)34-26(36)16-40-20-4-6-22(31)24(33)12-20/h3-6,11-12,25H,2,7-10,13-17H2,1H3,(H,34,36)/t25-,28?,29?/m0/s1. The van der Waals surface area contributed by atoms with Gasteiger partial charge >= 0.3 is 5.97 Å². The number of esters is 1. The molecule has 0 saturated heterocycles. The molecule has 0 heterocycles. The molecule has 3 aliphatic carbocycles. The summed E-state index contributed by atoms with van der Waals surface area (Å²) in [7, 11) is 0. The normalized spacial score (nSPS) is 23.1. The number of hydrogen-bond donors (Lipinski definition) is 1. The summed E-state index contributed by atoms with van der Waals surface area (Å²) in [6.07, 6.45) is 1.99. The number of rotatable bonds is 13. The van der Waals surface area contributed by atoms with Crippen LogP contribution in [0.15, 0.2) is 36.4 Å². The fourth-order valence-electron chi connectivity index (χ4n) is 5.56. The van der Waals surface area contributed by atoms with Crippen molar-refractivity contribution in [2.24, 2.45) is 5.41 Å². The second-order valence-electron chi connectivity index (χ2n) is 10.5. The molecule has 0 radical (unpaired) electrons. The van der Waals surface area contributed by atoms with E-state index in [1.807, 2.05) is 0 Å². The molecule has 3 fully saturated rings. The lowest BCUT2D eigenvalue weighted by Crippen LogP contribution is -2.66. The smallest absolute Gasteiger partial charge is 0.332 e. The van der Waals surface area contributed by atoms with E-state index in [9.17, 15) is 23.2 Å². The van der Waals surface area contributed by atoms with Crippen LogP contribution in [0.3, 0.4) is 0 Å². The van der Waals surface area contributed by atoms with E-state index in [2.05, 4.69) is 5.32 Å². The zero-order valence-corrected chi connectivity index (χ0v) is 24.0. The Morgan fingerprint density at radius 3 is 2.05 bits per heavy atom. The van der Waals surface area contributed by atoms with Crippen molar-refractivity contribution in [3.8, 4) is 11.5 Å². The van der Waals surface area contributed by atoms with Crippen LogP contribution in [-0.2, 0) is 23.9 Å². The van der Waals surface area contributed by atoms with Gasteiger partial charge in [-0.05, 0) is 68.7 Å². The van der Waals surface area contributed by atoms with Gasteiger partial charge in [-0.15, -0.1) is 0 Å². The van der Waals surface area contributed by atoms with Gasteiger partial charge in [-0.2, -0.15) is 0 Å². The average molecular weight is 614 g/mol. The molecule has 2 aromatic rings. The molecule has 222 valence electrons. The third kappa shape index (κ3) is 7.87. The molecule has 3 aliphatic rings. The molecule has 1 N–H and O–H groups in total. The number of amides is 1. The molecule has 3 saturated carbocycles. The second kappa shape index (κ2) is 13.4. The monoisotopic (exact) mass is 613 g/mol. The number of Topliss-reactive ketones (excluding diaryl/α,β-unsaturated/α-hetero) is 1. The molecule has 5 rings (SSSR count). The highest BCUT2D eigenvalue weighted by Crippen LogP contribution is 2.55. The Kier molecular flexibility index (Phi) is 10.1. The molecule has 0 aromatic heterocycles. The number of halogens is 4. The van der Waals surface area contributed by atoms with Crippen molar-refractivity contribution in [1.82, 2.24) is 5.32 Å². The topological polar surface area (TPSA) is 100 Å². The van der Waals surface area contributed by atoms with Crippen LogP contribution in [0.2, 0.25) is 10.0 Å². The minimum Gasteiger partial charge on any atom is -0.486 e. The quantitative estimate of drug-likeness (QED) is 0.300. The lowest BCUT2D eigenvalue weighted by Gasteiger charge is -2.57. The van der Waals surface area contributed by atoms with Crippen LogP contribution >= 0.6 is 23.2 Å². The predicted molar refractivity (Wildman–Crippen MR) is 146 cm³/mol. The number of hydrogen-bond acceptors (Lipinski definition) is 7. The van der Waals surface area contributed by atoms with Crippen LogP contribution in [0.4, 0.5) is 8.78 Å². The molecule has 8 nitrogen and oxygen atoms in total. The van der Waals surface area contributed by atoms with E-state index >= 15 is 0 Å². The number of ether oxygens (including phenoxy) is 4. The van der Waals surface area contributed by atoms with Gasteiger partial charge in [0.1, 0.15) is 42.5 Å². The van der Waals surface area contributed by atoms with Gasteiger partial charge in [-0.1, -0.05) is 23.2 Å². The van der Waals surface area contributed by atoms with Gasteiger partial charge in [-0.25, -0.2) is 13.6 Å². The Balaban J connectivity index is 1.40. The number of benzene rings is 2. The van der Waals surface area contributed by atoms with Crippen LogP contribution in [0.5, 0.6) is 11.5 Å². The summed E-state index contributed by atoms with van der Waals surface area (Å²) in [5.41, 5.74) is -1.30. The average Bonchev–Trinajstić information content (AvgIpc) is 2.94. The molecule has 12 heteroatoms. The van der Waals surface area contributed by atoms with Gasteiger partial charge in [0.2, 0.25) is 0 Å². The summed E-state index contributed by atoms with van der Waals surface area (Å²) in [4.78, 5) is 38.4. The lowest BCUT2D eigenvalue weighted by atomic mass is 9.54. The third-order valence-corrected chi connectivity index (χ3v) is 8.26. The maximum absolute atomic E-state index is 13.7. The first-order valence-corrected chi connectivity index (χ1v) is 14.0. The van der Waals surface area contributed by atoms with E-state index in [4.69, 9.17) is 42.1 Å². The van der Waals surface area contributed by atoms with Gasteiger partial charge in [-0.3, -0.25) is 9.59 Å². The summed E-state index contributed by atoms with van der Waals surface area (Å²) >= 11 is 11.4. The molecule has 1 amide bonds. The number of fused-ring (bicyclic) bond motifs is 3. The molecule has 0 unspecified atom stereocenters. The first-order chi connectivity index (χ1) is 19.5. The van der Waals surface area contributed by atoms with E-state index < -0.39 is 40.6 Å². The van der Waals surface area contributed by atoms with Crippen LogP contribution in [-0.4, -0.2) is 55.7 Å². The van der Waals surface area contributed by atoms with E-state index in [-0.39, 0.29) is 53.6 Å². The Labute approximate surface area is 246 Å².